The van der Waals surface area contributed by atoms with Crippen LogP contribution >= 0.6 is 0 Å². The molecule has 0 bridgehead atoms. The summed E-state index contributed by atoms with van der Waals surface area (Å²) in [6.45, 7) is 0.271. The summed E-state index contributed by atoms with van der Waals surface area (Å²) < 4.78 is 0. The number of rotatable bonds is 14. The number of carbonyl (C=O) groups is 3. The second-order valence-corrected chi connectivity index (χ2v) is 9.54. The van der Waals surface area contributed by atoms with Crippen LogP contribution in [0.2, 0.25) is 0 Å². The minimum atomic E-state index is -1.09. The minimum Gasteiger partial charge on any atom is -0.384 e. The van der Waals surface area contributed by atoms with Crippen LogP contribution in [0.15, 0.2) is 89.9 Å². The van der Waals surface area contributed by atoms with Crippen LogP contribution in [0, 0.1) is 5.41 Å². The molecule has 11 heteroatoms. The molecule has 0 spiro atoms. The van der Waals surface area contributed by atoms with Crippen molar-refractivity contribution >= 4 is 29.5 Å². The third-order valence-corrected chi connectivity index (χ3v) is 6.51. The third-order valence-electron chi connectivity index (χ3n) is 6.51. The summed E-state index contributed by atoms with van der Waals surface area (Å²) in [5.41, 5.74) is 24.6. The number of primary amides is 1. The molecule has 0 aliphatic heterocycles. The zero-order chi connectivity index (χ0) is 29.8. The molecule has 0 heterocycles. The Morgan fingerprint density at radius 3 is 1.88 bits per heavy atom. The quantitative estimate of drug-likeness (QED) is 0.0878. The highest BCUT2D eigenvalue weighted by atomic mass is 16.2. The first-order valence-electron chi connectivity index (χ1n) is 13.1. The number of amidine groups is 1. The van der Waals surface area contributed by atoms with Crippen molar-refractivity contribution in [2.75, 3.05) is 6.54 Å². The number of benzene rings is 3. The number of nitrogens with two attached hydrogens (primary N) is 4. The van der Waals surface area contributed by atoms with Gasteiger partial charge in [0.15, 0.2) is 5.96 Å². The topological polar surface area (TPSA) is 216 Å². The number of guanidine groups is 1. The van der Waals surface area contributed by atoms with Crippen molar-refractivity contribution < 1.29 is 14.4 Å². The van der Waals surface area contributed by atoms with Crippen molar-refractivity contribution in [2.24, 2.45) is 27.9 Å². The lowest BCUT2D eigenvalue weighted by atomic mass is 9.90. The molecule has 0 fully saturated rings. The predicted octanol–water partition coefficient (Wildman–Crippen LogP) is 1.18. The summed E-state index contributed by atoms with van der Waals surface area (Å²) in [5.74, 6) is -2.41. The van der Waals surface area contributed by atoms with E-state index in [1.54, 1.807) is 42.5 Å². The van der Waals surface area contributed by atoms with E-state index in [1.165, 1.54) is 0 Å². The second-order valence-electron chi connectivity index (χ2n) is 9.54. The lowest BCUT2D eigenvalue weighted by Crippen LogP contribution is -2.50. The number of nitrogens with zero attached hydrogens (tertiary/aromatic N) is 1. The van der Waals surface area contributed by atoms with Gasteiger partial charge >= 0.3 is 0 Å². The summed E-state index contributed by atoms with van der Waals surface area (Å²) in [4.78, 5) is 43.4. The molecule has 41 heavy (non-hydrogen) atoms. The van der Waals surface area contributed by atoms with Gasteiger partial charge in [-0.05, 0) is 36.0 Å². The number of aliphatic imine (C=N–C) groups is 1. The molecule has 0 aromatic heterocycles. The number of amides is 3. The maximum Gasteiger partial charge on any atom is 0.247 e. The first-order valence-corrected chi connectivity index (χ1v) is 13.1. The average Bonchev–Trinajstić information content (AvgIpc) is 2.96. The van der Waals surface area contributed by atoms with Crippen molar-refractivity contribution in [2.45, 2.75) is 37.3 Å². The van der Waals surface area contributed by atoms with Gasteiger partial charge in [-0.2, -0.15) is 0 Å². The Bertz CT molecular complexity index is 1360. The Morgan fingerprint density at radius 1 is 0.756 bits per heavy atom. The van der Waals surface area contributed by atoms with Crippen molar-refractivity contribution in [1.82, 2.24) is 10.6 Å². The van der Waals surface area contributed by atoms with Crippen LogP contribution in [0.3, 0.4) is 0 Å². The van der Waals surface area contributed by atoms with Crippen LogP contribution in [0.5, 0.6) is 0 Å². The third kappa shape index (κ3) is 9.20. The van der Waals surface area contributed by atoms with Gasteiger partial charge in [0.2, 0.25) is 17.7 Å². The Morgan fingerprint density at radius 2 is 1.34 bits per heavy atom. The molecule has 1 unspecified atom stereocenters. The smallest absolute Gasteiger partial charge is 0.247 e. The molecule has 3 rings (SSSR count). The maximum atomic E-state index is 13.8. The zero-order valence-electron chi connectivity index (χ0n) is 22.6. The Kier molecular flexibility index (Phi) is 11.0. The summed E-state index contributed by atoms with van der Waals surface area (Å²) in [5, 5.41) is 13.2. The largest absolute Gasteiger partial charge is 0.384 e. The van der Waals surface area contributed by atoms with Crippen LogP contribution in [-0.4, -0.2) is 42.1 Å². The first kappa shape index (κ1) is 30.4. The van der Waals surface area contributed by atoms with E-state index in [-0.39, 0.29) is 30.7 Å². The molecular formula is C30H36N8O3. The number of hydrogen-bond acceptors (Lipinski definition) is 5. The fraction of sp³-hybridized carbons (Fsp3) is 0.233. The molecule has 0 aliphatic carbocycles. The van der Waals surface area contributed by atoms with E-state index >= 15 is 0 Å². The monoisotopic (exact) mass is 556 g/mol. The molecule has 0 radical (unpaired) electrons. The summed E-state index contributed by atoms with van der Waals surface area (Å²) in [7, 11) is 0. The molecule has 0 saturated heterocycles. The highest BCUT2D eigenvalue weighted by Crippen LogP contribution is 2.24. The van der Waals surface area contributed by atoms with Gasteiger partial charge in [0.1, 0.15) is 17.9 Å². The van der Waals surface area contributed by atoms with Crippen LogP contribution in [0.25, 0.3) is 0 Å². The van der Waals surface area contributed by atoms with E-state index in [2.05, 4.69) is 15.6 Å². The van der Waals surface area contributed by atoms with Gasteiger partial charge in [-0.25, -0.2) is 0 Å². The maximum absolute atomic E-state index is 13.8. The van der Waals surface area contributed by atoms with Gasteiger partial charge in [0.05, 0.1) is 5.92 Å². The second kappa shape index (κ2) is 14.8. The standard InChI is InChI=1S/C30H36N8O3/c31-26(32)22-15-13-19(14-16-22)18-23(20-8-3-1-4-9-20)28(40)38-25(21-10-5-2-6-11-21)29(41)37-24(27(33)39)12-7-17-36-30(34)35/h1-6,8-11,13-16,23-25H,7,12,17-18H2,(H3,31,32)(H2,33,39)(H,37,41)(H,38,40)(H4,34,35,36)/t23?,24-,25-/m0/s1. The molecule has 3 amide bonds. The molecule has 11 nitrogen and oxygen atoms in total. The summed E-state index contributed by atoms with van der Waals surface area (Å²) in [6, 6.07) is 23.0. The van der Waals surface area contributed by atoms with E-state index < -0.39 is 29.8 Å². The van der Waals surface area contributed by atoms with Crippen LogP contribution in [0.1, 0.15) is 47.1 Å². The van der Waals surface area contributed by atoms with E-state index in [0.717, 1.165) is 11.1 Å². The first-order chi connectivity index (χ1) is 19.7. The summed E-state index contributed by atoms with van der Waals surface area (Å²) in [6.07, 6.45) is 0.967. The average molecular weight is 557 g/mol. The van der Waals surface area contributed by atoms with Gasteiger partial charge < -0.3 is 33.6 Å². The van der Waals surface area contributed by atoms with E-state index in [1.807, 2.05) is 42.5 Å². The predicted molar refractivity (Wildman–Crippen MR) is 159 cm³/mol. The Labute approximate surface area is 238 Å². The van der Waals surface area contributed by atoms with E-state index in [9.17, 15) is 14.4 Å². The molecule has 214 valence electrons. The molecule has 11 N–H and O–H groups in total. The minimum absolute atomic E-state index is 0.0453. The van der Waals surface area contributed by atoms with Crippen molar-refractivity contribution in [3.05, 3.63) is 107 Å². The van der Waals surface area contributed by atoms with Crippen molar-refractivity contribution in [3.8, 4) is 0 Å². The molecule has 0 saturated carbocycles. The van der Waals surface area contributed by atoms with Gasteiger partial charge in [-0.15, -0.1) is 0 Å². The zero-order valence-corrected chi connectivity index (χ0v) is 22.6. The molecule has 0 aliphatic rings. The molecule has 3 aromatic carbocycles. The number of hydrogen-bond donors (Lipinski definition) is 7. The summed E-state index contributed by atoms with van der Waals surface area (Å²) >= 11 is 0. The van der Waals surface area contributed by atoms with Crippen molar-refractivity contribution in [3.63, 3.8) is 0 Å². The highest BCUT2D eigenvalue weighted by molar-refractivity contribution is 5.95. The van der Waals surface area contributed by atoms with Crippen LogP contribution in [-0.2, 0) is 20.8 Å². The fourth-order valence-corrected chi connectivity index (χ4v) is 4.34. The van der Waals surface area contributed by atoms with Crippen molar-refractivity contribution in [1.29, 1.82) is 5.41 Å². The van der Waals surface area contributed by atoms with Gasteiger partial charge in [0.25, 0.3) is 0 Å². The lowest BCUT2D eigenvalue weighted by Gasteiger charge is -2.25. The van der Waals surface area contributed by atoms with Crippen LogP contribution in [0.4, 0.5) is 0 Å². The number of nitrogens with one attached hydrogen (secondary N) is 3. The number of nitrogen functional groups attached to an aromatic ring is 1. The highest BCUT2D eigenvalue weighted by Gasteiger charge is 2.30. The number of carbonyl (C=O) groups excluding carboxylic acids is 3. The fourth-order valence-electron chi connectivity index (χ4n) is 4.34. The van der Waals surface area contributed by atoms with Gasteiger partial charge in [-0.1, -0.05) is 84.9 Å². The Balaban J connectivity index is 1.85. The Hall–Kier alpha value is -5.19. The van der Waals surface area contributed by atoms with Gasteiger partial charge in [-0.3, -0.25) is 24.8 Å². The normalized spacial score (nSPS) is 12.8. The SMILES string of the molecule is N=C(N)c1ccc(CC(C(=O)N[C@H](C(=O)N[C@@H](CCCN=C(N)N)C(N)=O)c2ccccc2)c2ccccc2)cc1. The molecule has 3 atom stereocenters. The van der Waals surface area contributed by atoms with Gasteiger partial charge in [0, 0.05) is 12.1 Å². The van der Waals surface area contributed by atoms with Crippen LogP contribution < -0.4 is 33.6 Å². The lowest BCUT2D eigenvalue weighted by molar-refractivity contribution is -0.132. The molecule has 3 aromatic rings. The van der Waals surface area contributed by atoms with E-state index in [4.69, 9.17) is 28.3 Å². The molecular weight excluding hydrogens is 520 g/mol. The van der Waals surface area contributed by atoms with E-state index in [0.29, 0.717) is 24.0 Å².